The van der Waals surface area contributed by atoms with Crippen LogP contribution < -0.4 is 15.4 Å². The van der Waals surface area contributed by atoms with Crippen molar-refractivity contribution in [3.63, 3.8) is 0 Å². The fourth-order valence-electron chi connectivity index (χ4n) is 4.52. The lowest BCUT2D eigenvalue weighted by atomic mass is 9.91. The minimum Gasteiger partial charge on any atom is -0.378 e. The van der Waals surface area contributed by atoms with Gasteiger partial charge in [-0.15, -0.1) is 0 Å². The first kappa shape index (κ1) is 24.3. The summed E-state index contributed by atoms with van der Waals surface area (Å²) >= 11 is 0. The number of fused-ring (bicyclic) bond motifs is 1. The van der Waals surface area contributed by atoms with Crippen LogP contribution in [0.15, 0.2) is 29.1 Å². The topological polar surface area (TPSA) is 79.3 Å². The van der Waals surface area contributed by atoms with Crippen molar-refractivity contribution in [1.29, 1.82) is 0 Å². The molecule has 4 rings (SSSR count). The van der Waals surface area contributed by atoms with Crippen LogP contribution in [0.1, 0.15) is 52.8 Å². The van der Waals surface area contributed by atoms with Crippen molar-refractivity contribution < 1.29 is 4.74 Å². The first-order valence-electron chi connectivity index (χ1n) is 12.3. The number of H-pyrrole nitrogens is 1. The van der Waals surface area contributed by atoms with E-state index in [1.807, 2.05) is 6.92 Å². The maximum Gasteiger partial charge on any atom is 0.278 e. The number of aryl methyl sites for hydroxylation is 1. The molecule has 3 heterocycles. The Morgan fingerprint density at radius 3 is 2.59 bits per heavy atom. The van der Waals surface area contributed by atoms with Crippen molar-refractivity contribution in [1.82, 2.24) is 19.7 Å². The molecule has 1 aliphatic heterocycles. The first-order valence-corrected chi connectivity index (χ1v) is 12.3. The van der Waals surface area contributed by atoms with E-state index in [0.717, 1.165) is 38.5 Å². The van der Waals surface area contributed by atoms with E-state index in [-0.39, 0.29) is 11.0 Å². The van der Waals surface area contributed by atoms with E-state index in [1.54, 1.807) is 4.68 Å². The van der Waals surface area contributed by atoms with Crippen molar-refractivity contribution in [3.05, 3.63) is 45.9 Å². The molecule has 8 heteroatoms. The Kier molecular flexibility index (Phi) is 6.98. The van der Waals surface area contributed by atoms with Crippen molar-refractivity contribution >= 4 is 22.7 Å². The summed E-state index contributed by atoms with van der Waals surface area (Å²) in [5.41, 5.74) is 4.15. The number of aromatic nitrogens is 4. The van der Waals surface area contributed by atoms with E-state index < -0.39 is 0 Å². The average molecular weight is 467 g/mol. The highest BCUT2D eigenvalue weighted by Crippen LogP contribution is 2.28. The van der Waals surface area contributed by atoms with Gasteiger partial charge in [0.05, 0.1) is 18.9 Å². The molecule has 0 bridgehead atoms. The van der Waals surface area contributed by atoms with Gasteiger partial charge in [0.15, 0.2) is 5.52 Å². The van der Waals surface area contributed by atoms with Gasteiger partial charge in [-0.3, -0.25) is 14.5 Å². The second-order valence-electron chi connectivity index (χ2n) is 10.5. The van der Waals surface area contributed by atoms with E-state index in [0.29, 0.717) is 36.0 Å². The molecule has 0 aliphatic carbocycles. The minimum absolute atomic E-state index is 0.138. The fourth-order valence-corrected chi connectivity index (χ4v) is 4.52. The van der Waals surface area contributed by atoms with Gasteiger partial charge in [0.1, 0.15) is 5.52 Å². The Labute approximate surface area is 201 Å². The van der Waals surface area contributed by atoms with Gasteiger partial charge in [-0.1, -0.05) is 46.8 Å². The third kappa shape index (κ3) is 5.12. The predicted octanol–water partition coefficient (Wildman–Crippen LogP) is 3.94. The summed E-state index contributed by atoms with van der Waals surface area (Å²) in [6, 6.07) is 8.65. The summed E-state index contributed by atoms with van der Waals surface area (Å²) < 4.78 is 7.28. The van der Waals surface area contributed by atoms with E-state index in [2.05, 4.69) is 73.7 Å². The molecule has 1 saturated heterocycles. The SMILES string of the molecule is CCn1nc(C(C)(C)C)c2nc(N(Cc3cccc(N4CCOCC4)c3)CC(C)C)[nH]c(=O)c21. The zero-order valence-electron chi connectivity index (χ0n) is 21.4. The van der Waals surface area contributed by atoms with Gasteiger partial charge in [0.25, 0.3) is 5.56 Å². The lowest BCUT2D eigenvalue weighted by Crippen LogP contribution is -2.36. The highest BCUT2D eigenvalue weighted by molar-refractivity contribution is 5.79. The summed E-state index contributed by atoms with van der Waals surface area (Å²) in [4.78, 5) is 25.8. The van der Waals surface area contributed by atoms with Crippen LogP contribution in [0.3, 0.4) is 0 Å². The van der Waals surface area contributed by atoms with Crippen LogP contribution in [0.4, 0.5) is 11.6 Å². The van der Waals surface area contributed by atoms with Gasteiger partial charge >= 0.3 is 0 Å². The smallest absolute Gasteiger partial charge is 0.278 e. The Balaban J connectivity index is 1.73. The largest absolute Gasteiger partial charge is 0.378 e. The molecule has 0 radical (unpaired) electrons. The third-order valence-corrected chi connectivity index (χ3v) is 6.14. The number of aromatic amines is 1. The lowest BCUT2D eigenvalue weighted by molar-refractivity contribution is 0.122. The Morgan fingerprint density at radius 1 is 1.21 bits per heavy atom. The Morgan fingerprint density at radius 2 is 1.94 bits per heavy atom. The number of nitrogens with one attached hydrogen (secondary N) is 1. The molecular formula is C26H38N6O2. The molecule has 1 fully saturated rings. The number of morpholine rings is 1. The molecule has 2 aromatic heterocycles. The number of anilines is 2. The first-order chi connectivity index (χ1) is 16.2. The van der Waals surface area contributed by atoms with E-state index in [1.165, 1.54) is 11.3 Å². The zero-order chi connectivity index (χ0) is 24.5. The summed E-state index contributed by atoms with van der Waals surface area (Å²) in [7, 11) is 0. The highest BCUT2D eigenvalue weighted by atomic mass is 16.5. The van der Waals surface area contributed by atoms with E-state index in [4.69, 9.17) is 14.8 Å². The number of hydrogen-bond acceptors (Lipinski definition) is 6. The van der Waals surface area contributed by atoms with Gasteiger partial charge in [-0.2, -0.15) is 5.10 Å². The molecule has 184 valence electrons. The van der Waals surface area contributed by atoms with E-state index >= 15 is 0 Å². The van der Waals surface area contributed by atoms with Gasteiger partial charge in [-0.25, -0.2) is 4.98 Å². The van der Waals surface area contributed by atoms with Crippen LogP contribution in [-0.2, 0) is 23.2 Å². The van der Waals surface area contributed by atoms with Gasteiger partial charge in [0, 0.05) is 43.8 Å². The monoisotopic (exact) mass is 466 g/mol. The standard InChI is InChI=1S/C26H38N6O2/c1-7-32-22-21(23(29-32)26(4,5)6)27-25(28-24(22)33)31(16-18(2)3)17-19-9-8-10-20(15-19)30-11-13-34-14-12-30/h8-10,15,18H,7,11-14,16-17H2,1-6H3,(H,27,28,33). The molecule has 1 aliphatic rings. The number of benzene rings is 1. The second-order valence-corrected chi connectivity index (χ2v) is 10.5. The number of hydrogen-bond donors (Lipinski definition) is 1. The molecule has 0 atom stereocenters. The fraction of sp³-hybridized carbons (Fsp3) is 0.577. The molecule has 0 unspecified atom stereocenters. The van der Waals surface area contributed by atoms with Crippen molar-refractivity contribution in [2.45, 2.75) is 60.0 Å². The van der Waals surface area contributed by atoms with Crippen molar-refractivity contribution in [3.8, 4) is 0 Å². The van der Waals surface area contributed by atoms with Crippen LogP contribution in [-0.4, -0.2) is 52.6 Å². The van der Waals surface area contributed by atoms with Crippen LogP contribution in [0.25, 0.3) is 11.0 Å². The minimum atomic E-state index is -0.216. The van der Waals surface area contributed by atoms with Gasteiger partial charge < -0.3 is 14.5 Å². The summed E-state index contributed by atoms with van der Waals surface area (Å²) in [6.07, 6.45) is 0. The number of nitrogens with zero attached hydrogens (tertiary/aromatic N) is 5. The number of rotatable bonds is 7. The van der Waals surface area contributed by atoms with Crippen molar-refractivity contribution in [2.75, 3.05) is 42.6 Å². The molecule has 1 N–H and O–H groups in total. The maximum atomic E-state index is 13.2. The molecule has 1 aromatic carbocycles. The van der Waals surface area contributed by atoms with Crippen LogP contribution in [0.2, 0.25) is 0 Å². The summed E-state index contributed by atoms with van der Waals surface area (Å²) in [5, 5.41) is 4.75. The predicted molar refractivity (Wildman–Crippen MR) is 138 cm³/mol. The van der Waals surface area contributed by atoms with Gasteiger partial charge in [0.2, 0.25) is 5.95 Å². The molecular weight excluding hydrogens is 428 g/mol. The second kappa shape index (κ2) is 9.78. The zero-order valence-corrected chi connectivity index (χ0v) is 21.4. The molecule has 0 amide bonds. The van der Waals surface area contributed by atoms with Crippen LogP contribution in [0.5, 0.6) is 0 Å². The van der Waals surface area contributed by atoms with Crippen LogP contribution in [0, 0.1) is 5.92 Å². The molecule has 8 nitrogen and oxygen atoms in total. The highest BCUT2D eigenvalue weighted by Gasteiger charge is 2.26. The molecule has 0 spiro atoms. The Bertz CT molecular complexity index is 1180. The normalized spacial score (nSPS) is 14.9. The van der Waals surface area contributed by atoms with Crippen LogP contribution >= 0.6 is 0 Å². The summed E-state index contributed by atoms with van der Waals surface area (Å²) in [6.45, 7) is 18.1. The lowest BCUT2D eigenvalue weighted by Gasteiger charge is -2.30. The molecule has 0 saturated carbocycles. The maximum absolute atomic E-state index is 13.2. The summed E-state index contributed by atoms with van der Waals surface area (Å²) in [5.74, 6) is 1.01. The van der Waals surface area contributed by atoms with Crippen molar-refractivity contribution in [2.24, 2.45) is 5.92 Å². The van der Waals surface area contributed by atoms with Gasteiger partial charge in [-0.05, 0) is 30.5 Å². The third-order valence-electron chi connectivity index (χ3n) is 6.14. The average Bonchev–Trinajstić information content (AvgIpc) is 3.19. The quantitative estimate of drug-likeness (QED) is 0.568. The number of ether oxygens (including phenoxy) is 1. The molecule has 3 aromatic rings. The van der Waals surface area contributed by atoms with E-state index in [9.17, 15) is 4.79 Å². The molecule has 34 heavy (non-hydrogen) atoms. The Hall–Kier alpha value is -2.87.